The van der Waals surface area contributed by atoms with Gasteiger partial charge in [-0.15, -0.1) is 0 Å². The van der Waals surface area contributed by atoms with E-state index in [1.54, 1.807) is 36.1 Å². The Labute approximate surface area is 215 Å². The molecule has 7 nitrogen and oxygen atoms in total. The van der Waals surface area contributed by atoms with Crippen molar-refractivity contribution in [3.05, 3.63) is 63.6 Å². The lowest BCUT2D eigenvalue weighted by Crippen LogP contribution is -2.47. The number of hydrogen-bond acceptors (Lipinski definition) is 4. The van der Waals surface area contributed by atoms with Gasteiger partial charge in [0.15, 0.2) is 0 Å². The van der Waals surface area contributed by atoms with Crippen LogP contribution in [0.5, 0.6) is 0 Å². The van der Waals surface area contributed by atoms with Gasteiger partial charge in [0.2, 0.25) is 21.8 Å². The molecule has 0 saturated carbocycles. The predicted molar refractivity (Wildman–Crippen MR) is 140 cm³/mol. The van der Waals surface area contributed by atoms with Crippen LogP contribution in [-0.4, -0.2) is 50.5 Å². The van der Waals surface area contributed by atoms with Crippen LogP contribution < -0.4 is 9.62 Å². The number of sulfonamides is 1. The second kappa shape index (κ2) is 13.1. The normalized spacial score (nSPS) is 12.1. The summed E-state index contributed by atoms with van der Waals surface area (Å²) in [5.41, 5.74) is 1.37. The number of nitrogens with one attached hydrogen (secondary N) is 1. The highest BCUT2D eigenvalue weighted by Gasteiger charge is 2.26. The molecule has 1 N–H and O–H groups in total. The van der Waals surface area contributed by atoms with Crippen molar-refractivity contribution in [3.8, 4) is 0 Å². The first-order valence-electron chi connectivity index (χ1n) is 11.1. The van der Waals surface area contributed by atoms with E-state index in [9.17, 15) is 18.0 Å². The molecule has 10 heteroatoms. The molecule has 2 amide bonds. The molecular weight excluding hydrogens is 542 g/mol. The molecule has 0 saturated heterocycles. The second-order valence-corrected chi connectivity index (χ2v) is 11.3. The largest absolute Gasteiger partial charge is 0.354 e. The average Bonchev–Trinajstić information content (AvgIpc) is 2.78. The van der Waals surface area contributed by atoms with Crippen LogP contribution in [0.3, 0.4) is 0 Å². The quantitative estimate of drug-likeness (QED) is 0.403. The minimum Gasteiger partial charge on any atom is -0.354 e. The van der Waals surface area contributed by atoms with Crippen molar-refractivity contribution in [2.24, 2.45) is 0 Å². The molecule has 2 aromatic rings. The maximum Gasteiger partial charge on any atom is 0.242 e. The Balaban J connectivity index is 2.14. The van der Waals surface area contributed by atoms with Crippen molar-refractivity contribution in [2.45, 2.75) is 45.7 Å². The van der Waals surface area contributed by atoms with Crippen LogP contribution in [0.4, 0.5) is 5.69 Å². The van der Waals surface area contributed by atoms with E-state index < -0.39 is 16.1 Å². The van der Waals surface area contributed by atoms with Gasteiger partial charge in [0.1, 0.15) is 6.04 Å². The van der Waals surface area contributed by atoms with Crippen molar-refractivity contribution in [2.75, 3.05) is 23.7 Å². The predicted octanol–water partition coefficient (Wildman–Crippen LogP) is 4.59. The molecular formula is C24H31BrClN3O4S. The smallest absolute Gasteiger partial charge is 0.242 e. The summed E-state index contributed by atoms with van der Waals surface area (Å²) in [6.45, 7) is 4.60. The van der Waals surface area contributed by atoms with E-state index in [4.69, 9.17) is 11.6 Å². The standard InChI is InChI=1S/C24H31BrClN3O4S/c1-4-14-27-24(31)18(2)28(17-19-7-5-8-20(25)16-19)23(30)9-6-15-29(34(3,32)33)22-12-10-21(26)11-13-22/h5,7-8,10-13,16,18H,4,6,9,14-15,17H2,1-3H3,(H,27,31). The summed E-state index contributed by atoms with van der Waals surface area (Å²) in [7, 11) is -3.55. The average molecular weight is 573 g/mol. The maximum atomic E-state index is 13.2. The molecule has 0 radical (unpaired) electrons. The zero-order valence-electron chi connectivity index (χ0n) is 19.6. The number of hydrogen-bond donors (Lipinski definition) is 1. The highest BCUT2D eigenvalue weighted by Crippen LogP contribution is 2.22. The van der Waals surface area contributed by atoms with Crippen molar-refractivity contribution in [1.29, 1.82) is 0 Å². The van der Waals surface area contributed by atoms with Gasteiger partial charge in [-0.1, -0.05) is 46.6 Å². The minimum atomic E-state index is -3.55. The lowest BCUT2D eigenvalue weighted by atomic mass is 10.1. The van der Waals surface area contributed by atoms with E-state index in [1.807, 2.05) is 31.2 Å². The molecule has 0 fully saturated rings. The molecule has 0 aliphatic carbocycles. The topological polar surface area (TPSA) is 86.8 Å². The fourth-order valence-corrected chi connectivity index (χ4v) is 4.96. The molecule has 0 aliphatic rings. The third-order valence-corrected chi connectivity index (χ3v) is 7.16. The van der Waals surface area contributed by atoms with Crippen LogP contribution in [0, 0.1) is 0 Å². The summed E-state index contributed by atoms with van der Waals surface area (Å²) < 4.78 is 26.8. The number of nitrogens with zero attached hydrogens (tertiary/aromatic N) is 2. The highest BCUT2D eigenvalue weighted by molar-refractivity contribution is 9.10. The number of amides is 2. The third kappa shape index (κ3) is 8.60. The van der Waals surface area contributed by atoms with Gasteiger partial charge in [-0.05, 0) is 61.7 Å². The molecule has 1 unspecified atom stereocenters. The number of carbonyl (C=O) groups is 2. The first-order chi connectivity index (χ1) is 16.0. The molecule has 0 heterocycles. The molecule has 2 aromatic carbocycles. The fraction of sp³-hybridized carbons (Fsp3) is 0.417. The van der Waals surface area contributed by atoms with Crippen LogP contribution in [0.1, 0.15) is 38.7 Å². The van der Waals surface area contributed by atoms with Gasteiger partial charge in [-0.3, -0.25) is 13.9 Å². The van der Waals surface area contributed by atoms with Crippen LogP contribution in [0.25, 0.3) is 0 Å². The number of benzene rings is 2. The van der Waals surface area contributed by atoms with E-state index in [1.165, 1.54) is 4.31 Å². The molecule has 0 bridgehead atoms. The molecule has 34 heavy (non-hydrogen) atoms. The molecule has 0 aliphatic heterocycles. The highest BCUT2D eigenvalue weighted by atomic mass is 79.9. The second-order valence-electron chi connectivity index (χ2n) is 8.03. The van der Waals surface area contributed by atoms with E-state index in [0.29, 0.717) is 23.7 Å². The zero-order chi connectivity index (χ0) is 25.3. The van der Waals surface area contributed by atoms with Gasteiger partial charge in [0, 0.05) is 35.6 Å². The van der Waals surface area contributed by atoms with Crippen LogP contribution in [0.15, 0.2) is 53.0 Å². The first kappa shape index (κ1) is 28.1. The Kier molecular flexibility index (Phi) is 10.9. The summed E-state index contributed by atoms with van der Waals surface area (Å²) in [6.07, 6.45) is 2.32. The van der Waals surface area contributed by atoms with E-state index in [0.717, 1.165) is 22.7 Å². The van der Waals surface area contributed by atoms with E-state index >= 15 is 0 Å². The van der Waals surface area contributed by atoms with Crippen molar-refractivity contribution < 1.29 is 18.0 Å². The van der Waals surface area contributed by atoms with Crippen LogP contribution >= 0.6 is 27.5 Å². The SMILES string of the molecule is CCCNC(=O)C(C)N(Cc1cccc(Br)c1)C(=O)CCCN(c1ccc(Cl)cc1)S(C)(=O)=O. The molecule has 0 spiro atoms. The minimum absolute atomic E-state index is 0.0962. The van der Waals surface area contributed by atoms with Gasteiger partial charge in [0.05, 0.1) is 11.9 Å². The monoisotopic (exact) mass is 571 g/mol. The first-order valence-corrected chi connectivity index (χ1v) is 14.1. The fourth-order valence-electron chi connectivity index (χ4n) is 3.42. The maximum absolute atomic E-state index is 13.2. The van der Waals surface area contributed by atoms with E-state index in [-0.39, 0.29) is 31.3 Å². The summed E-state index contributed by atoms with van der Waals surface area (Å²) in [5.74, 6) is -0.437. The van der Waals surface area contributed by atoms with Gasteiger partial charge >= 0.3 is 0 Å². The van der Waals surface area contributed by atoms with Crippen LogP contribution in [-0.2, 0) is 26.2 Å². The van der Waals surface area contributed by atoms with Crippen molar-refractivity contribution in [1.82, 2.24) is 10.2 Å². The van der Waals surface area contributed by atoms with Gasteiger partial charge < -0.3 is 10.2 Å². The summed E-state index contributed by atoms with van der Waals surface area (Å²) in [5, 5.41) is 3.35. The lowest BCUT2D eigenvalue weighted by molar-refractivity contribution is -0.140. The zero-order valence-corrected chi connectivity index (χ0v) is 22.8. The Hall–Kier alpha value is -2.10. The Morgan fingerprint density at radius 3 is 2.41 bits per heavy atom. The lowest BCUT2D eigenvalue weighted by Gasteiger charge is -2.29. The number of carbonyl (C=O) groups excluding carboxylic acids is 2. The Morgan fingerprint density at radius 2 is 1.82 bits per heavy atom. The van der Waals surface area contributed by atoms with Crippen molar-refractivity contribution in [3.63, 3.8) is 0 Å². The number of anilines is 1. The number of rotatable bonds is 12. The van der Waals surface area contributed by atoms with E-state index in [2.05, 4.69) is 21.2 Å². The summed E-state index contributed by atoms with van der Waals surface area (Å²) in [6, 6.07) is 13.4. The summed E-state index contributed by atoms with van der Waals surface area (Å²) in [4.78, 5) is 27.4. The van der Waals surface area contributed by atoms with Gasteiger partial charge in [0.25, 0.3) is 0 Å². The summed E-state index contributed by atoms with van der Waals surface area (Å²) >= 11 is 9.36. The molecule has 1 atom stereocenters. The molecule has 186 valence electrons. The van der Waals surface area contributed by atoms with Gasteiger partial charge in [-0.2, -0.15) is 0 Å². The molecule has 2 rings (SSSR count). The third-order valence-electron chi connectivity index (χ3n) is 5.23. The van der Waals surface area contributed by atoms with Crippen molar-refractivity contribution >= 4 is 55.1 Å². The van der Waals surface area contributed by atoms with Crippen LogP contribution in [0.2, 0.25) is 5.02 Å². The molecule has 0 aromatic heterocycles. The Bertz CT molecular complexity index is 1080. The Morgan fingerprint density at radius 1 is 1.15 bits per heavy atom. The van der Waals surface area contributed by atoms with Gasteiger partial charge in [-0.25, -0.2) is 8.42 Å². The number of halogens is 2.